The van der Waals surface area contributed by atoms with Gasteiger partial charge in [-0.3, -0.25) is 0 Å². The molecule has 0 radical (unpaired) electrons. The van der Waals surface area contributed by atoms with Crippen LogP contribution in [0.2, 0.25) is 0 Å². The predicted octanol–water partition coefficient (Wildman–Crippen LogP) is 2.87. The molecule has 0 atom stereocenters. The zero-order valence-electron chi connectivity index (χ0n) is 10.9. The molecule has 0 spiro atoms. The molecule has 0 aliphatic heterocycles. The van der Waals surface area contributed by atoms with Gasteiger partial charge in [-0.15, -0.1) is 0 Å². The molecule has 3 heteroatoms. The van der Waals surface area contributed by atoms with Crippen LogP contribution in [0.4, 0.5) is 0 Å². The molecule has 1 aliphatic carbocycles. The second-order valence-corrected chi connectivity index (χ2v) is 4.83. The molecule has 18 heavy (non-hydrogen) atoms. The summed E-state index contributed by atoms with van der Waals surface area (Å²) in [7, 11) is 0. The molecule has 1 aromatic carbocycles. The molecule has 1 aliphatic rings. The van der Waals surface area contributed by atoms with Gasteiger partial charge in [0.1, 0.15) is 12.4 Å². The molecule has 1 aromatic rings. The molecule has 1 saturated carbocycles. The standard InChI is InChI=1S/C15H23NO2/c16-12-13-5-4-8-15(11-13)18-10-9-17-14-6-2-1-3-7-14/h4-5,8,11,14H,1-3,6-7,9-10,12,16H2. The lowest BCUT2D eigenvalue weighted by Gasteiger charge is -2.21. The largest absolute Gasteiger partial charge is 0.491 e. The highest BCUT2D eigenvalue weighted by molar-refractivity contribution is 5.28. The highest BCUT2D eigenvalue weighted by atomic mass is 16.5. The van der Waals surface area contributed by atoms with Crippen LogP contribution in [0, 0.1) is 0 Å². The van der Waals surface area contributed by atoms with Crippen molar-refractivity contribution >= 4 is 0 Å². The zero-order chi connectivity index (χ0) is 12.6. The first-order valence-corrected chi connectivity index (χ1v) is 6.92. The summed E-state index contributed by atoms with van der Waals surface area (Å²) in [5.41, 5.74) is 6.69. The molecule has 3 nitrogen and oxygen atoms in total. The van der Waals surface area contributed by atoms with Gasteiger partial charge in [-0.1, -0.05) is 31.4 Å². The number of rotatable bonds is 6. The maximum absolute atomic E-state index is 5.81. The third kappa shape index (κ3) is 4.31. The van der Waals surface area contributed by atoms with Crippen molar-refractivity contribution in [2.45, 2.75) is 44.8 Å². The fourth-order valence-electron chi connectivity index (χ4n) is 2.37. The number of ether oxygens (including phenoxy) is 2. The van der Waals surface area contributed by atoms with Crippen molar-refractivity contribution in [3.8, 4) is 5.75 Å². The van der Waals surface area contributed by atoms with E-state index in [1.54, 1.807) is 0 Å². The average Bonchev–Trinajstić information content (AvgIpc) is 2.45. The summed E-state index contributed by atoms with van der Waals surface area (Å²) in [5, 5.41) is 0. The lowest BCUT2D eigenvalue weighted by molar-refractivity contribution is 0.0129. The van der Waals surface area contributed by atoms with E-state index in [4.69, 9.17) is 15.2 Å². The lowest BCUT2D eigenvalue weighted by Crippen LogP contribution is -2.19. The Kier molecular flexibility index (Phi) is 5.49. The summed E-state index contributed by atoms with van der Waals surface area (Å²) in [6.45, 7) is 1.85. The van der Waals surface area contributed by atoms with Crippen LogP contribution in [0.5, 0.6) is 5.75 Å². The van der Waals surface area contributed by atoms with Crippen LogP contribution in [0.3, 0.4) is 0 Å². The SMILES string of the molecule is NCc1cccc(OCCOC2CCCCC2)c1. The zero-order valence-corrected chi connectivity index (χ0v) is 10.9. The van der Waals surface area contributed by atoms with E-state index in [0.717, 1.165) is 11.3 Å². The Bertz CT molecular complexity index is 348. The molecule has 0 aromatic heterocycles. The minimum atomic E-state index is 0.456. The first kappa shape index (κ1) is 13.4. The third-order valence-electron chi connectivity index (χ3n) is 3.39. The van der Waals surface area contributed by atoms with Crippen LogP contribution in [0.15, 0.2) is 24.3 Å². The van der Waals surface area contributed by atoms with Crippen LogP contribution in [-0.2, 0) is 11.3 Å². The fourth-order valence-corrected chi connectivity index (χ4v) is 2.37. The molecule has 0 bridgehead atoms. The maximum Gasteiger partial charge on any atom is 0.119 e. The van der Waals surface area contributed by atoms with Gasteiger partial charge in [0.05, 0.1) is 12.7 Å². The minimum Gasteiger partial charge on any atom is -0.491 e. The van der Waals surface area contributed by atoms with Gasteiger partial charge >= 0.3 is 0 Å². The van der Waals surface area contributed by atoms with E-state index in [1.165, 1.54) is 32.1 Å². The summed E-state index contributed by atoms with van der Waals surface area (Å²) in [6, 6.07) is 7.92. The van der Waals surface area contributed by atoms with Crippen LogP contribution in [0.1, 0.15) is 37.7 Å². The average molecular weight is 249 g/mol. The molecule has 0 amide bonds. The summed E-state index contributed by atoms with van der Waals surface area (Å²) in [4.78, 5) is 0. The van der Waals surface area contributed by atoms with E-state index in [9.17, 15) is 0 Å². The van der Waals surface area contributed by atoms with Gasteiger partial charge in [-0.25, -0.2) is 0 Å². The smallest absolute Gasteiger partial charge is 0.119 e. The molecular weight excluding hydrogens is 226 g/mol. The van der Waals surface area contributed by atoms with Gasteiger partial charge in [-0.2, -0.15) is 0 Å². The highest BCUT2D eigenvalue weighted by Crippen LogP contribution is 2.20. The summed E-state index contributed by atoms with van der Waals surface area (Å²) < 4.78 is 11.5. The third-order valence-corrected chi connectivity index (χ3v) is 3.39. The lowest BCUT2D eigenvalue weighted by atomic mass is 9.98. The molecule has 0 saturated heterocycles. The normalized spacial score (nSPS) is 16.7. The Morgan fingerprint density at radius 2 is 1.94 bits per heavy atom. The molecule has 2 rings (SSSR count). The monoisotopic (exact) mass is 249 g/mol. The van der Waals surface area contributed by atoms with Crippen LogP contribution in [0.25, 0.3) is 0 Å². The molecule has 0 unspecified atom stereocenters. The Hall–Kier alpha value is -1.06. The van der Waals surface area contributed by atoms with E-state index in [-0.39, 0.29) is 0 Å². The Morgan fingerprint density at radius 3 is 2.72 bits per heavy atom. The Morgan fingerprint density at radius 1 is 1.11 bits per heavy atom. The molecule has 100 valence electrons. The van der Waals surface area contributed by atoms with Gasteiger partial charge in [0.15, 0.2) is 0 Å². The highest BCUT2D eigenvalue weighted by Gasteiger charge is 2.13. The van der Waals surface area contributed by atoms with Gasteiger partial charge < -0.3 is 15.2 Å². The van der Waals surface area contributed by atoms with Crippen LogP contribution in [-0.4, -0.2) is 19.3 Å². The first-order chi connectivity index (χ1) is 8.88. The molecule has 0 heterocycles. The van der Waals surface area contributed by atoms with E-state index < -0.39 is 0 Å². The van der Waals surface area contributed by atoms with Gasteiger partial charge in [-0.05, 0) is 30.5 Å². The fraction of sp³-hybridized carbons (Fsp3) is 0.600. The van der Waals surface area contributed by atoms with Crippen LogP contribution >= 0.6 is 0 Å². The first-order valence-electron chi connectivity index (χ1n) is 6.92. The van der Waals surface area contributed by atoms with Crippen LogP contribution < -0.4 is 10.5 Å². The molecular formula is C15H23NO2. The van der Waals surface area contributed by atoms with Crippen molar-refractivity contribution in [1.82, 2.24) is 0 Å². The minimum absolute atomic E-state index is 0.456. The van der Waals surface area contributed by atoms with Gasteiger partial charge in [0.2, 0.25) is 0 Å². The molecule has 2 N–H and O–H groups in total. The van der Waals surface area contributed by atoms with E-state index in [1.807, 2.05) is 24.3 Å². The quantitative estimate of drug-likeness (QED) is 0.788. The topological polar surface area (TPSA) is 44.5 Å². The Labute approximate surface area is 109 Å². The predicted molar refractivity (Wildman–Crippen MR) is 72.7 cm³/mol. The molecule has 1 fully saturated rings. The summed E-state index contributed by atoms with van der Waals surface area (Å²) >= 11 is 0. The van der Waals surface area contributed by atoms with Crippen molar-refractivity contribution in [2.75, 3.05) is 13.2 Å². The van der Waals surface area contributed by atoms with E-state index in [2.05, 4.69) is 0 Å². The number of nitrogens with two attached hydrogens (primary N) is 1. The second-order valence-electron chi connectivity index (χ2n) is 4.83. The van der Waals surface area contributed by atoms with E-state index >= 15 is 0 Å². The van der Waals surface area contributed by atoms with Crippen molar-refractivity contribution in [2.24, 2.45) is 5.73 Å². The number of hydrogen-bond donors (Lipinski definition) is 1. The summed E-state index contributed by atoms with van der Waals surface area (Å²) in [5.74, 6) is 0.880. The van der Waals surface area contributed by atoms with Gasteiger partial charge in [0, 0.05) is 6.54 Å². The summed E-state index contributed by atoms with van der Waals surface area (Å²) in [6.07, 6.45) is 6.86. The Balaban J connectivity index is 1.65. The van der Waals surface area contributed by atoms with Crippen molar-refractivity contribution < 1.29 is 9.47 Å². The van der Waals surface area contributed by atoms with Gasteiger partial charge in [0.25, 0.3) is 0 Å². The van der Waals surface area contributed by atoms with Crippen molar-refractivity contribution in [3.63, 3.8) is 0 Å². The second kappa shape index (κ2) is 7.39. The maximum atomic E-state index is 5.81. The van der Waals surface area contributed by atoms with Crippen molar-refractivity contribution in [1.29, 1.82) is 0 Å². The van der Waals surface area contributed by atoms with E-state index in [0.29, 0.717) is 25.9 Å². The number of hydrogen-bond acceptors (Lipinski definition) is 3. The number of benzene rings is 1. The van der Waals surface area contributed by atoms with Crippen molar-refractivity contribution in [3.05, 3.63) is 29.8 Å².